The fourth-order valence-electron chi connectivity index (χ4n) is 9.54. The van der Waals surface area contributed by atoms with E-state index < -0.39 is 0 Å². The monoisotopic (exact) mass is 427 g/mol. The predicted octanol–water partition coefficient (Wildman–Crippen LogP) is 8.00. The summed E-state index contributed by atoms with van der Waals surface area (Å²) in [6, 6.07) is 19.4. The van der Waals surface area contributed by atoms with Crippen molar-refractivity contribution in [1.29, 1.82) is 0 Å². The van der Waals surface area contributed by atoms with Crippen LogP contribution in [0.25, 0.3) is 39.0 Å². The van der Waals surface area contributed by atoms with E-state index in [2.05, 4.69) is 65.7 Å². The molecule has 4 bridgehead atoms. The minimum atomic E-state index is 0.257. The number of aryl methyl sites for hydroxylation is 1. The van der Waals surface area contributed by atoms with Crippen molar-refractivity contribution in [1.82, 2.24) is 4.98 Å². The average molecular weight is 428 g/mol. The molecule has 33 heavy (non-hydrogen) atoms. The van der Waals surface area contributed by atoms with Gasteiger partial charge in [-0.3, -0.25) is 0 Å². The molecule has 0 unspecified atom stereocenters. The molecule has 0 aliphatic heterocycles. The molecule has 1 nitrogen and oxygen atoms in total. The molecule has 4 fully saturated rings. The molecule has 0 atom stereocenters. The fraction of sp³-hybridized carbons (Fsp3) is 0.375. The number of hydrogen-bond acceptors (Lipinski definition) is 0. The molecule has 1 spiro atoms. The van der Waals surface area contributed by atoms with Crippen molar-refractivity contribution >= 4 is 27.9 Å². The van der Waals surface area contributed by atoms with Gasteiger partial charge in [-0.2, -0.15) is 0 Å². The lowest BCUT2D eigenvalue weighted by Gasteiger charge is -2.61. The topological polar surface area (TPSA) is 15.8 Å². The molecule has 1 heterocycles. The number of benzene rings is 3. The second-order valence-corrected chi connectivity index (χ2v) is 11.8. The van der Waals surface area contributed by atoms with Crippen LogP contribution in [0.3, 0.4) is 0 Å². The highest BCUT2D eigenvalue weighted by Gasteiger charge is 2.61. The van der Waals surface area contributed by atoms with Gasteiger partial charge in [0.2, 0.25) is 0 Å². The number of aromatic nitrogens is 1. The summed E-state index contributed by atoms with van der Waals surface area (Å²) in [6.45, 7) is 0. The Morgan fingerprint density at radius 2 is 1.61 bits per heavy atom. The molecule has 162 valence electrons. The smallest absolute Gasteiger partial charge is 0.0547 e. The number of fused-ring (bicyclic) bond motifs is 8. The molecule has 1 heteroatoms. The summed E-state index contributed by atoms with van der Waals surface area (Å²) >= 11 is 0. The van der Waals surface area contributed by atoms with Gasteiger partial charge < -0.3 is 4.98 Å². The molecule has 6 aliphatic rings. The third-order valence-corrected chi connectivity index (χ3v) is 10.4. The summed E-state index contributed by atoms with van der Waals surface area (Å²) in [6.07, 6.45) is 14.3. The van der Waals surface area contributed by atoms with Crippen molar-refractivity contribution in [2.24, 2.45) is 23.7 Å². The van der Waals surface area contributed by atoms with E-state index in [4.69, 9.17) is 0 Å². The van der Waals surface area contributed by atoms with Crippen LogP contribution in [0.1, 0.15) is 60.8 Å². The van der Waals surface area contributed by atoms with Crippen molar-refractivity contribution in [2.75, 3.05) is 0 Å². The Hall–Kier alpha value is -2.80. The first-order valence-electron chi connectivity index (χ1n) is 13.2. The van der Waals surface area contributed by atoms with Gasteiger partial charge in [-0.05, 0) is 109 Å². The molecule has 3 aromatic carbocycles. The molecular weight excluding hydrogens is 398 g/mol. The van der Waals surface area contributed by atoms with Crippen LogP contribution in [0.5, 0.6) is 0 Å². The zero-order chi connectivity index (χ0) is 21.3. The van der Waals surface area contributed by atoms with E-state index in [1.165, 1.54) is 76.2 Å². The summed E-state index contributed by atoms with van der Waals surface area (Å²) in [7, 11) is 0. The highest BCUT2D eigenvalue weighted by molar-refractivity contribution is 6.14. The van der Waals surface area contributed by atoms with Crippen LogP contribution in [0, 0.1) is 23.7 Å². The number of allylic oxidation sites excluding steroid dienone is 1. The van der Waals surface area contributed by atoms with E-state index in [-0.39, 0.29) is 5.41 Å². The summed E-state index contributed by atoms with van der Waals surface area (Å²) < 4.78 is 0. The van der Waals surface area contributed by atoms with Crippen LogP contribution in [-0.2, 0) is 11.8 Å². The number of aromatic amines is 1. The second kappa shape index (κ2) is 5.81. The lowest BCUT2D eigenvalue weighted by molar-refractivity contribution is -0.0399. The molecule has 6 aliphatic carbocycles. The van der Waals surface area contributed by atoms with Gasteiger partial charge in [0, 0.05) is 27.3 Å². The normalized spacial score (nSPS) is 32.6. The van der Waals surface area contributed by atoms with E-state index >= 15 is 0 Å². The number of H-pyrrole nitrogens is 1. The van der Waals surface area contributed by atoms with Crippen molar-refractivity contribution < 1.29 is 0 Å². The molecule has 4 aromatic rings. The molecule has 4 saturated carbocycles. The predicted molar refractivity (Wildman–Crippen MR) is 136 cm³/mol. The van der Waals surface area contributed by atoms with E-state index in [0.29, 0.717) is 0 Å². The fourth-order valence-corrected chi connectivity index (χ4v) is 9.54. The zero-order valence-electron chi connectivity index (χ0n) is 19.0. The third-order valence-electron chi connectivity index (χ3n) is 10.4. The van der Waals surface area contributed by atoms with Crippen LogP contribution in [0.15, 0.2) is 54.6 Å². The quantitative estimate of drug-likeness (QED) is 0.292. The second-order valence-electron chi connectivity index (χ2n) is 11.8. The lowest BCUT2D eigenvalue weighted by Crippen LogP contribution is -2.55. The van der Waals surface area contributed by atoms with Gasteiger partial charge in [0.15, 0.2) is 0 Å². The van der Waals surface area contributed by atoms with Crippen molar-refractivity contribution in [2.45, 2.75) is 50.4 Å². The average Bonchev–Trinajstić information content (AvgIpc) is 3.34. The Kier molecular flexibility index (Phi) is 3.11. The van der Waals surface area contributed by atoms with Crippen LogP contribution in [0.2, 0.25) is 0 Å². The SMILES string of the molecule is C1=Cc2cc3c(cc2CC1)[nH]c1c2c(ccc13)C1(c3ccccc3-2)C2CC3CC(C2)CC1C3. The maximum absolute atomic E-state index is 3.95. The van der Waals surface area contributed by atoms with Crippen LogP contribution >= 0.6 is 0 Å². The number of rotatable bonds is 0. The van der Waals surface area contributed by atoms with E-state index in [0.717, 1.165) is 36.5 Å². The summed E-state index contributed by atoms with van der Waals surface area (Å²) in [5.74, 6) is 3.64. The number of hydrogen-bond donors (Lipinski definition) is 1. The first-order valence-corrected chi connectivity index (χ1v) is 13.2. The molecular formula is C32H29N. The largest absolute Gasteiger partial charge is 0.354 e. The Bertz CT molecular complexity index is 1500. The maximum Gasteiger partial charge on any atom is 0.0547 e. The third kappa shape index (κ3) is 1.99. The van der Waals surface area contributed by atoms with Gasteiger partial charge in [0.05, 0.1) is 5.52 Å². The molecule has 0 saturated heterocycles. The van der Waals surface area contributed by atoms with Crippen molar-refractivity contribution in [3.63, 3.8) is 0 Å². The van der Waals surface area contributed by atoms with E-state index in [1.54, 1.807) is 11.1 Å². The van der Waals surface area contributed by atoms with Crippen LogP contribution < -0.4 is 0 Å². The Labute approximate surface area is 194 Å². The van der Waals surface area contributed by atoms with Crippen LogP contribution in [-0.4, -0.2) is 4.98 Å². The van der Waals surface area contributed by atoms with Gasteiger partial charge in [-0.1, -0.05) is 48.6 Å². The molecule has 1 aromatic heterocycles. The van der Waals surface area contributed by atoms with Gasteiger partial charge >= 0.3 is 0 Å². The Morgan fingerprint density at radius 3 is 2.45 bits per heavy atom. The molecule has 10 rings (SSSR count). The maximum atomic E-state index is 3.95. The molecule has 1 N–H and O–H groups in total. The first-order chi connectivity index (χ1) is 16.3. The minimum Gasteiger partial charge on any atom is -0.354 e. The van der Waals surface area contributed by atoms with Crippen LogP contribution in [0.4, 0.5) is 0 Å². The highest BCUT2D eigenvalue weighted by Crippen LogP contribution is 2.69. The highest BCUT2D eigenvalue weighted by atomic mass is 14.7. The summed E-state index contributed by atoms with van der Waals surface area (Å²) in [5, 5.41) is 2.79. The first kappa shape index (κ1) is 17.6. The Balaban J connectivity index is 1.38. The summed E-state index contributed by atoms with van der Waals surface area (Å²) in [4.78, 5) is 3.95. The zero-order valence-corrected chi connectivity index (χ0v) is 19.0. The Morgan fingerprint density at radius 1 is 0.788 bits per heavy atom. The summed E-state index contributed by atoms with van der Waals surface area (Å²) in [5.41, 5.74) is 12.2. The van der Waals surface area contributed by atoms with Crippen molar-refractivity contribution in [3.05, 3.63) is 76.9 Å². The molecule has 0 radical (unpaired) electrons. The van der Waals surface area contributed by atoms with Gasteiger partial charge in [-0.15, -0.1) is 0 Å². The van der Waals surface area contributed by atoms with E-state index in [9.17, 15) is 0 Å². The minimum absolute atomic E-state index is 0.257. The van der Waals surface area contributed by atoms with Gasteiger partial charge in [-0.25, -0.2) is 0 Å². The standard InChI is InChI=1S/C32H29N/c1-2-6-21-17-29-26(16-20(21)5-1)24-9-10-28-30(31(24)33-29)25-7-3-4-8-27(25)32(28)22-12-18-11-19(14-22)15-23(32)13-18/h1,3-5,7-10,16-19,22-23,33H,2,6,11-15H2. The molecule has 0 amide bonds. The van der Waals surface area contributed by atoms with Crippen molar-refractivity contribution in [3.8, 4) is 11.1 Å². The van der Waals surface area contributed by atoms with Gasteiger partial charge in [0.25, 0.3) is 0 Å². The van der Waals surface area contributed by atoms with E-state index in [1.807, 2.05) is 0 Å². The lowest BCUT2D eigenvalue weighted by atomic mass is 9.43. The van der Waals surface area contributed by atoms with Gasteiger partial charge in [0.1, 0.15) is 0 Å². The number of nitrogens with one attached hydrogen (secondary N) is 1.